The van der Waals surface area contributed by atoms with E-state index < -0.39 is 5.63 Å². The molecular weight excluding hydrogens is 330 g/mol. The fourth-order valence-electron chi connectivity index (χ4n) is 3.42. The molecule has 4 rings (SSSR count). The summed E-state index contributed by atoms with van der Waals surface area (Å²) in [6.07, 6.45) is 0.952. The van der Waals surface area contributed by atoms with Crippen LogP contribution in [-0.2, 0) is 4.79 Å². The minimum Gasteiger partial charge on any atom is -0.483 e. The van der Waals surface area contributed by atoms with Crippen LogP contribution in [0.2, 0.25) is 0 Å². The second-order valence-electron chi connectivity index (χ2n) is 6.45. The number of carbonyl (C=O) groups excluding carboxylic acids is 1. The van der Waals surface area contributed by atoms with Crippen LogP contribution in [-0.4, -0.2) is 30.5 Å². The van der Waals surface area contributed by atoms with Gasteiger partial charge in [0.2, 0.25) is 0 Å². The minimum atomic E-state index is -0.489. The SMILES string of the molecule is O=C(COc1cc(=O)oc2ccccc12)N1CC[C@H](c2ccccc2)C1. The number of ether oxygens (including phenoxy) is 1. The topological polar surface area (TPSA) is 59.8 Å². The molecule has 1 aromatic heterocycles. The highest BCUT2D eigenvalue weighted by Crippen LogP contribution is 2.27. The Bertz CT molecular complexity index is 980. The maximum atomic E-state index is 12.5. The van der Waals surface area contributed by atoms with Gasteiger partial charge >= 0.3 is 5.63 Å². The van der Waals surface area contributed by atoms with Crippen LogP contribution in [0.1, 0.15) is 17.9 Å². The molecule has 2 heterocycles. The molecule has 0 aliphatic carbocycles. The highest BCUT2D eigenvalue weighted by atomic mass is 16.5. The van der Waals surface area contributed by atoms with Crippen LogP contribution in [0.5, 0.6) is 5.75 Å². The third kappa shape index (κ3) is 3.33. The van der Waals surface area contributed by atoms with Crippen molar-refractivity contribution in [3.8, 4) is 5.75 Å². The summed E-state index contributed by atoms with van der Waals surface area (Å²) >= 11 is 0. The van der Waals surface area contributed by atoms with E-state index in [2.05, 4.69) is 12.1 Å². The zero-order chi connectivity index (χ0) is 17.9. The van der Waals surface area contributed by atoms with Gasteiger partial charge in [0.25, 0.3) is 5.91 Å². The lowest BCUT2D eigenvalue weighted by Crippen LogP contribution is -2.33. The Morgan fingerprint density at radius 3 is 2.73 bits per heavy atom. The second kappa shape index (κ2) is 7.04. The predicted molar refractivity (Wildman–Crippen MR) is 98.4 cm³/mol. The van der Waals surface area contributed by atoms with Crippen LogP contribution < -0.4 is 10.4 Å². The van der Waals surface area contributed by atoms with Gasteiger partial charge in [-0.25, -0.2) is 4.79 Å². The van der Waals surface area contributed by atoms with Crippen LogP contribution >= 0.6 is 0 Å². The molecule has 0 spiro atoms. The van der Waals surface area contributed by atoms with Crippen molar-refractivity contribution >= 4 is 16.9 Å². The largest absolute Gasteiger partial charge is 0.483 e. The van der Waals surface area contributed by atoms with Gasteiger partial charge in [-0.1, -0.05) is 42.5 Å². The smallest absolute Gasteiger partial charge is 0.339 e. The van der Waals surface area contributed by atoms with Gasteiger partial charge in [0.15, 0.2) is 6.61 Å². The van der Waals surface area contributed by atoms with E-state index in [1.54, 1.807) is 18.2 Å². The number of fused-ring (bicyclic) bond motifs is 1. The molecule has 1 aliphatic rings. The number of likely N-dealkylation sites (tertiary alicyclic amines) is 1. The number of rotatable bonds is 4. The molecule has 1 saturated heterocycles. The third-order valence-corrected chi connectivity index (χ3v) is 4.78. The molecule has 0 saturated carbocycles. The number of hydrogen-bond acceptors (Lipinski definition) is 4. The van der Waals surface area contributed by atoms with E-state index in [4.69, 9.17) is 9.15 Å². The monoisotopic (exact) mass is 349 g/mol. The Balaban J connectivity index is 1.43. The first-order valence-corrected chi connectivity index (χ1v) is 8.69. The lowest BCUT2D eigenvalue weighted by Gasteiger charge is -2.17. The van der Waals surface area contributed by atoms with Gasteiger partial charge in [0, 0.05) is 19.0 Å². The average molecular weight is 349 g/mol. The number of para-hydroxylation sites is 1. The molecule has 0 radical (unpaired) electrons. The highest BCUT2D eigenvalue weighted by Gasteiger charge is 2.27. The number of benzene rings is 2. The molecule has 1 fully saturated rings. The second-order valence-corrected chi connectivity index (χ2v) is 6.45. The molecule has 132 valence electrons. The lowest BCUT2D eigenvalue weighted by atomic mass is 9.99. The highest BCUT2D eigenvalue weighted by molar-refractivity contribution is 5.84. The molecule has 5 heteroatoms. The first-order chi connectivity index (χ1) is 12.7. The molecule has 1 atom stereocenters. The van der Waals surface area contributed by atoms with Gasteiger partial charge in [-0.05, 0) is 24.1 Å². The van der Waals surface area contributed by atoms with E-state index in [0.717, 1.165) is 13.0 Å². The van der Waals surface area contributed by atoms with E-state index in [-0.39, 0.29) is 12.5 Å². The molecule has 0 N–H and O–H groups in total. The third-order valence-electron chi connectivity index (χ3n) is 4.78. The number of carbonyl (C=O) groups is 1. The van der Waals surface area contributed by atoms with E-state index in [1.807, 2.05) is 29.2 Å². The van der Waals surface area contributed by atoms with Crippen molar-refractivity contribution in [3.63, 3.8) is 0 Å². The fourth-order valence-corrected chi connectivity index (χ4v) is 3.42. The summed E-state index contributed by atoms with van der Waals surface area (Å²) < 4.78 is 10.8. The molecule has 26 heavy (non-hydrogen) atoms. The Labute approximate surface area is 150 Å². The summed E-state index contributed by atoms with van der Waals surface area (Å²) in [7, 11) is 0. The van der Waals surface area contributed by atoms with Crippen LogP contribution in [0.3, 0.4) is 0 Å². The summed E-state index contributed by atoms with van der Waals surface area (Å²) in [6, 6.07) is 18.7. The Morgan fingerprint density at radius 1 is 1.12 bits per heavy atom. The van der Waals surface area contributed by atoms with Gasteiger partial charge < -0.3 is 14.1 Å². The van der Waals surface area contributed by atoms with Crippen molar-refractivity contribution in [1.29, 1.82) is 0 Å². The molecule has 3 aromatic rings. The van der Waals surface area contributed by atoms with Gasteiger partial charge in [-0.3, -0.25) is 4.79 Å². The molecule has 2 aromatic carbocycles. The zero-order valence-corrected chi connectivity index (χ0v) is 14.3. The lowest BCUT2D eigenvalue weighted by molar-refractivity contribution is -0.132. The molecule has 0 bridgehead atoms. The van der Waals surface area contributed by atoms with Crippen molar-refractivity contribution in [2.45, 2.75) is 12.3 Å². The normalized spacial score (nSPS) is 16.8. The fraction of sp³-hybridized carbons (Fsp3) is 0.238. The maximum absolute atomic E-state index is 12.5. The van der Waals surface area contributed by atoms with E-state index in [1.165, 1.54) is 11.6 Å². The maximum Gasteiger partial charge on any atom is 0.339 e. The van der Waals surface area contributed by atoms with E-state index in [9.17, 15) is 9.59 Å². The predicted octanol–water partition coefficient (Wildman–Crippen LogP) is 3.19. The van der Waals surface area contributed by atoms with E-state index >= 15 is 0 Å². The van der Waals surface area contributed by atoms with Crippen LogP contribution in [0.25, 0.3) is 11.0 Å². The summed E-state index contributed by atoms with van der Waals surface area (Å²) in [4.78, 5) is 26.0. The quantitative estimate of drug-likeness (QED) is 0.679. The molecular formula is C21H19NO4. The first kappa shape index (κ1) is 16.4. The molecule has 0 unspecified atom stereocenters. The first-order valence-electron chi connectivity index (χ1n) is 8.69. The average Bonchev–Trinajstić information content (AvgIpc) is 3.17. The number of amides is 1. The van der Waals surface area contributed by atoms with Crippen LogP contribution in [0, 0.1) is 0 Å². The summed E-state index contributed by atoms with van der Waals surface area (Å²) in [5, 5.41) is 0.684. The van der Waals surface area contributed by atoms with Gasteiger partial charge in [-0.2, -0.15) is 0 Å². The van der Waals surface area contributed by atoms with Crippen molar-refractivity contribution in [2.75, 3.05) is 19.7 Å². The Hall–Kier alpha value is -3.08. The van der Waals surface area contributed by atoms with Crippen molar-refractivity contribution in [1.82, 2.24) is 4.90 Å². The number of nitrogens with zero attached hydrogens (tertiary/aromatic N) is 1. The van der Waals surface area contributed by atoms with E-state index in [0.29, 0.717) is 29.2 Å². The standard InChI is InChI=1S/C21H19NO4/c23-20(22-11-10-16(13-22)15-6-2-1-3-7-15)14-25-19-12-21(24)26-18-9-5-4-8-17(18)19/h1-9,12,16H,10-11,13-14H2/t16-/m0/s1. The number of hydrogen-bond donors (Lipinski definition) is 0. The van der Waals surface area contributed by atoms with Gasteiger partial charge in [0.1, 0.15) is 11.3 Å². The van der Waals surface area contributed by atoms with Crippen molar-refractivity contribution in [3.05, 3.63) is 76.6 Å². The van der Waals surface area contributed by atoms with Crippen molar-refractivity contribution < 1.29 is 13.9 Å². The van der Waals surface area contributed by atoms with Crippen LogP contribution in [0.15, 0.2) is 69.9 Å². The molecule has 5 nitrogen and oxygen atoms in total. The summed E-state index contributed by atoms with van der Waals surface area (Å²) in [6.45, 7) is 1.33. The Kier molecular flexibility index (Phi) is 4.44. The zero-order valence-electron chi connectivity index (χ0n) is 14.3. The Morgan fingerprint density at radius 2 is 1.88 bits per heavy atom. The van der Waals surface area contributed by atoms with Crippen LogP contribution in [0.4, 0.5) is 0 Å². The molecule has 1 aliphatic heterocycles. The van der Waals surface area contributed by atoms with Gasteiger partial charge in [0.05, 0.1) is 11.5 Å². The minimum absolute atomic E-state index is 0.0687. The van der Waals surface area contributed by atoms with Gasteiger partial charge in [-0.15, -0.1) is 0 Å². The summed E-state index contributed by atoms with van der Waals surface area (Å²) in [5.41, 5.74) is 1.22. The summed E-state index contributed by atoms with van der Waals surface area (Å²) in [5.74, 6) is 0.675. The van der Waals surface area contributed by atoms with Crippen molar-refractivity contribution in [2.24, 2.45) is 0 Å². The molecule has 1 amide bonds.